The van der Waals surface area contributed by atoms with E-state index in [0.29, 0.717) is 35.4 Å². The Morgan fingerprint density at radius 1 is 1.28 bits per heavy atom. The van der Waals surface area contributed by atoms with Crippen LogP contribution in [0, 0.1) is 5.82 Å². The third kappa shape index (κ3) is 3.54. The molecule has 1 aromatic heterocycles. The summed E-state index contributed by atoms with van der Waals surface area (Å²) in [5.41, 5.74) is 6.03. The van der Waals surface area contributed by atoms with Crippen LogP contribution in [0.5, 0.6) is 0 Å². The van der Waals surface area contributed by atoms with Crippen molar-refractivity contribution in [3.05, 3.63) is 41.5 Å². The van der Waals surface area contributed by atoms with Gasteiger partial charge in [0.15, 0.2) is 0 Å². The lowest BCUT2D eigenvalue weighted by Gasteiger charge is -1.99. The molecular formula is C12H14FN3OS. The largest absolute Gasteiger partial charge is 0.416 e. The molecule has 4 nitrogen and oxygen atoms in total. The predicted molar refractivity (Wildman–Crippen MR) is 67.6 cm³/mol. The van der Waals surface area contributed by atoms with Crippen molar-refractivity contribution in [2.24, 2.45) is 5.73 Å². The molecule has 0 aliphatic carbocycles. The minimum Gasteiger partial charge on any atom is -0.416 e. The smallest absolute Gasteiger partial charge is 0.276 e. The SMILES string of the molecule is NCCCc1nnc(SCc2ccccc2F)o1. The Bertz CT molecular complexity index is 504. The molecule has 96 valence electrons. The lowest BCUT2D eigenvalue weighted by atomic mass is 10.2. The zero-order valence-electron chi connectivity index (χ0n) is 9.80. The van der Waals surface area contributed by atoms with Crippen LogP contribution >= 0.6 is 11.8 Å². The molecule has 0 saturated carbocycles. The Balaban J connectivity index is 1.90. The first kappa shape index (κ1) is 13.0. The molecule has 0 atom stereocenters. The van der Waals surface area contributed by atoms with Crippen LogP contribution in [0.3, 0.4) is 0 Å². The van der Waals surface area contributed by atoms with Gasteiger partial charge in [0.25, 0.3) is 5.22 Å². The molecule has 2 N–H and O–H groups in total. The average molecular weight is 267 g/mol. The van der Waals surface area contributed by atoms with Gasteiger partial charge in [0.05, 0.1) is 0 Å². The van der Waals surface area contributed by atoms with Crippen molar-refractivity contribution in [3.63, 3.8) is 0 Å². The van der Waals surface area contributed by atoms with Crippen LogP contribution in [0.25, 0.3) is 0 Å². The summed E-state index contributed by atoms with van der Waals surface area (Å²) in [6.45, 7) is 0.597. The molecule has 2 rings (SSSR count). The van der Waals surface area contributed by atoms with Crippen LogP contribution in [-0.4, -0.2) is 16.7 Å². The zero-order chi connectivity index (χ0) is 12.8. The second-order valence-electron chi connectivity index (χ2n) is 3.73. The average Bonchev–Trinajstić information content (AvgIpc) is 2.83. The van der Waals surface area contributed by atoms with Gasteiger partial charge in [-0.2, -0.15) is 0 Å². The summed E-state index contributed by atoms with van der Waals surface area (Å²) in [5.74, 6) is 0.843. The molecule has 0 fully saturated rings. The second kappa shape index (κ2) is 6.51. The fourth-order valence-electron chi connectivity index (χ4n) is 1.41. The van der Waals surface area contributed by atoms with Crippen molar-refractivity contribution in [1.29, 1.82) is 0 Å². The van der Waals surface area contributed by atoms with Gasteiger partial charge in [0.2, 0.25) is 5.89 Å². The van der Waals surface area contributed by atoms with E-state index in [0.717, 1.165) is 6.42 Å². The first-order chi connectivity index (χ1) is 8.79. The van der Waals surface area contributed by atoms with E-state index < -0.39 is 0 Å². The van der Waals surface area contributed by atoms with Crippen LogP contribution in [-0.2, 0) is 12.2 Å². The topological polar surface area (TPSA) is 64.9 Å². The van der Waals surface area contributed by atoms with E-state index in [1.807, 2.05) is 0 Å². The molecule has 0 saturated heterocycles. The second-order valence-corrected chi connectivity index (χ2v) is 4.66. The van der Waals surface area contributed by atoms with E-state index in [-0.39, 0.29) is 5.82 Å². The van der Waals surface area contributed by atoms with Crippen molar-refractivity contribution in [2.45, 2.75) is 23.8 Å². The van der Waals surface area contributed by atoms with Gasteiger partial charge in [0, 0.05) is 12.2 Å². The van der Waals surface area contributed by atoms with Crippen molar-refractivity contribution < 1.29 is 8.81 Å². The molecule has 6 heteroatoms. The number of nitrogens with two attached hydrogens (primary N) is 1. The van der Waals surface area contributed by atoms with Gasteiger partial charge in [-0.1, -0.05) is 30.0 Å². The maximum Gasteiger partial charge on any atom is 0.276 e. The molecule has 0 aliphatic heterocycles. The molecule has 0 amide bonds. The summed E-state index contributed by atoms with van der Waals surface area (Å²) in [6, 6.07) is 6.66. The predicted octanol–water partition coefficient (Wildman–Crippen LogP) is 2.39. The normalized spacial score (nSPS) is 10.8. The Kier molecular flexibility index (Phi) is 4.72. The number of aryl methyl sites for hydroxylation is 1. The van der Waals surface area contributed by atoms with Gasteiger partial charge in [-0.05, 0) is 24.6 Å². The lowest BCUT2D eigenvalue weighted by molar-refractivity contribution is 0.410. The quantitative estimate of drug-likeness (QED) is 0.814. The van der Waals surface area contributed by atoms with Crippen LogP contribution < -0.4 is 5.73 Å². The minimum atomic E-state index is -0.215. The lowest BCUT2D eigenvalue weighted by Crippen LogP contribution is -2.00. The van der Waals surface area contributed by atoms with Crippen LogP contribution in [0.15, 0.2) is 33.9 Å². The van der Waals surface area contributed by atoms with Crippen molar-refractivity contribution in [3.8, 4) is 0 Å². The highest BCUT2D eigenvalue weighted by atomic mass is 32.2. The Morgan fingerprint density at radius 3 is 2.89 bits per heavy atom. The Morgan fingerprint density at radius 2 is 2.11 bits per heavy atom. The summed E-state index contributed by atoms with van der Waals surface area (Å²) in [7, 11) is 0. The number of rotatable bonds is 6. The van der Waals surface area contributed by atoms with Gasteiger partial charge in [-0.25, -0.2) is 4.39 Å². The summed E-state index contributed by atoms with van der Waals surface area (Å²) in [6.07, 6.45) is 1.50. The van der Waals surface area contributed by atoms with Gasteiger partial charge in [-0.15, -0.1) is 10.2 Å². The standard InChI is InChI=1S/C12H14FN3OS/c13-10-5-2-1-4-9(10)8-18-12-16-15-11(17-12)6-3-7-14/h1-2,4-5H,3,6-8,14H2. The van der Waals surface area contributed by atoms with E-state index in [1.54, 1.807) is 18.2 Å². The summed E-state index contributed by atoms with van der Waals surface area (Å²) < 4.78 is 18.8. The fraction of sp³-hybridized carbons (Fsp3) is 0.333. The molecule has 18 heavy (non-hydrogen) atoms. The maximum absolute atomic E-state index is 13.4. The highest BCUT2D eigenvalue weighted by Gasteiger charge is 2.08. The molecule has 0 bridgehead atoms. The molecule has 1 aromatic carbocycles. The van der Waals surface area contributed by atoms with Crippen LogP contribution in [0.2, 0.25) is 0 Å². The molecule has 0 spiro atoms. The van der Waals surface area contributed by atoms with Crippen molar-refractivity contribution in [1.82, 2.24) is 10.2 Å². The minimum absolute atomic E-state index is 0.215. The number of halogens is 1. The maximum atomic E-state index is 13.4. The van der Waals surface area contributed by atoms with E-state index in [9.17, 15) is 4.39 Å². The number of aromatic nitrogens is 2. The number of thioether (sulfide) groups is 1. The van der Waals surface area contributed by atoms with Gasteiger partial charge in [0.1, 0.15) is 5.82 Å². The summed E-state index contributed by atoms with van der Waals surface area (Å²) in [5, 5.41) is 8.26. The summed E-state index contributed by atoms with van der Waals surface area (Å²) >= 11 is 1.33. The number of nitrogens with zero attached hydrogens (tertiary/aromatic N) is 2. The third-order valence-electron chi connectivity index (χ3n) is 2.35. The molecule has 1 heterocycles. The molecular weight excluding hydrogens is 253 g/mol. The number of hydrogen-bond acceptors (Lipinski definition) is 5. The van der Waals surface area contributed by atoms with E-state index in [4.69, 9.17) is 10.2 Å². The Hall–Kier alpha value is -1.40. The number of benzene rings is 1. The van der Waals surface area contributed by atoms with Crippen molar-refractivity contribution >= 4 is 11.8 Å². The van der Waals surface area contributed by atoms with Gasteiger partial charge >= 0.3 is 0 Å². The number of hydrogen-bond donors (Lipinski definition) is 1. The van der Waals surface area contributed by atoms with E-state index in [1.165, 1.54) is 17.8 Å². The van der Waals surface area contributed by atoms with Gasteiger partial charge < -0.3 is 10.2 Å². The molecule has 0 aliphatic rings. The van der Waals surface area contributed by atoms with Gasteiger partial charge in [-0.3, -0.25) is 0 Å². The van der Waals surface area contributed by atoms with Crippen LogP contribution in [0.1, 0.15) is 17.9 Å². The highest BCUT2D eigenvalue weighted by molar-refractivity contribution is 7.98. The molecule has 2 aromatic rings. The van der Waals surface area contributed by atoms with E-state index in [2.05, 4.69) is 10.2 Å². The summed E-state index contributed by atoms with van der Waals surface area (Å²) in [4.78, 5) is 0. The molecule has 0 unspecified atom stereocenters. The molecule has 0 radical (unpaired) electrons. The van der Waals surface area contributed by atoms with Crippen molar-refractivity contribution in [2.75, 3.05) is 6.54 Å². The zero-order valence-corrected chi connectivity index (χ0v) is 10.6. The first-order valence-electron chi connectivity index (χ1n) is 5.68. The van der Waals surface area contributed by atoms with E-state index >= 15 is 0 Å². The first-order valence-corrected chi connectivity index (χ1v) is 6.67. The van der Waals surface area contributed by atoms with Crippen LogP contribution in [0.4, 0.5) is 4.39 Å². The highest BCUT2D eigenvalue weighted by Crippen LogP contribution is 2.22. The fourth-order valence-corrected chi connectivity index (χ4v) is 2.17. The monoisotopic (exact) mass is 267 g/mol. The Labute approximate surface area is 109 Å². The third-order valence-corrected chi connectivity index (χ3v) is 3.22.